The molecule has 0 spiro atoms. The maximum atomic E-state index is 14.2. The summed E-state index contributed by atoms with van der Waals surface area (Å²) in [5.74, 6) is 5.64. The molecule has 10 heteroatoms. The molecule has 5 rings (SSSR count). The van der Waals surface area contributed by atoms with Gasteiger partial charge >= 0.3 is 18.3 Å². The molecular formula is C60H103N3O7. The van der Waals surface area contributed by atoms with Crippen molar-refractivity contribution in [3.63, 3.8) is 0 Å². The molecule has 70 heavy (non-hydrogen) atoms. The Morgan fingerprint density at radius 3 is 2.10 bits per heavy atom. The molecule has 3 amide bonds. The van der Waals surface area contributed by atoms with E-state index in [1.807, 2.05) is 91.5 Å². The minimum atomic E-state index is -0.598. The second-order valence-corrected chi connectivity index (χ2v) is 24.9. The maximum Gasteiger partial charge on any atom is 0.410 e. The molecule has 0 saturated heterocycles. The highest BCUT2D eigenvalue weighted by atomic mass is 16.6. The number of alkyl carbamates (subject to hydrolysis) is 2. The van der Waals surface area contributed by atoms with Crippen LogP contribution in [0.1, 0.15) is 224 Å². The first-order valence-corrected chi connectivity index (χ1v) is 28.2. The zero-order valence-corrected chi connectivity index (χ0v) is 47.3. The number of hydrogen-bond donors (Lipinski definition) is 2. The summed E-state index contributed by atoms with van der Waals surface area (Å²) in [6.07, 6.45) is 22.7. The third-order valence-corrected chi connectivity index (χ3v) is 17.4. The van der Waals surface area contributed by atoms with E-state index in [9.17, 15) is 14.4 Å². The first-order valence-electron chi connectivity index (χ1n) is 28.2. The molecule has 4 aliphatic carbocycles. The van der Waals surface area contributed by atoms with Crippen molar-refractivity contribution in [2.24, 2.45) is 46.3 Å². The summed E-state index contributed by atoms with van der Waals surface area (Å²) in [4.78, 5) is 41.4. The number of hydrogen-bond acceptors (Lipinski definition) is 7. The van der Waals surface area contributed by atoms with E-state index >= 15 is 0 Å². The summed E-state index contributed by atoms with van der Waals surface area (Å²) < 4.78 is 22.7. The van der Waals surface area contributed by atoms with E-state index in [1.165, 1.54) is 57.8 Å². The van der Waals surface area contributed by atoms with Crippen LogP contribution >= 0.6 is 0 Å². The topological polar surface area (TPSA) is 115 Å². The lowest BCUT2D eigenvalue weighted by Crippen LogP contribution is -2.51. The zero-order chi connectivity index (χ0) is 51.9. The van der Waals surface area contributed by atoms with Crippen molar-refractivity contribution >= 4 is 18.3 Å². The number of carbonyl (C=O) groups is 3. The number of rotatable bonds is 23. The van der Waals surface area contributed by atoms with Gasteiger partial charge in [-0.1, -0.05) is 117 Å². The molecule has 0 aromatic heterocycles. The van der Waals surface area contributed by atoms with Crippen molar-refractivity contribution in [2.45, 2.75) is 248 Å². The highest BCUT2D eigenvalue weighted by molar-refractivity contribution is 5.69. The van der Waals surface area contributed by atoms with Crippen LogP contribution in [0.2, 0.25) is 0 Å². The molecule has 1 aromatic carbocycles. The fourth-order valence-electron chi connectivity index (χ4n) is 13.2. The summed E-state index contributed by atoms with van der Waals surface area (Å²) in [5, 5.41) is 6.06. The minimum absolute atomic E-state index is 0.118. The molecule has 2 N–H and O–H groups in total. The van der Waals surface area contributed by atoms with E-state index in [4.69, 9.17) is 18.9 Å². The summed E-state index contributed by atoms with van der Waals surface area (Å²) in [6.45, 7) is 31.3. The molecule has 3 fully saturated rings. The molecule has 8 atom stereocenters. The van der Waals surface area contributed by atoms with E-state index in [0.29, 0.717) is 24.9 Å². The molecule has 10 nitrogen and oxygen atoms in total. The Hall–Kier alpha value is -3.43. The van der Waals surface area contributed by atoms with E-state index in [-0.39, 0.29) is 24.2 Å². The predicted molar refractivity (Wildman–Crippen MR) is 287 cm³/mol. The van der Waals surface area contributed by atoms with Gasteiger partial charge in [0.2, 0.25) is 0 Å². The van der Waals surface area contributed by atoms with Crippen LogP contribution in [0.3, 0.4) is 0 Å². The third kappa shape index (κ3) is 17.1. The number of nitrogens with one attached hydrogen (secondary N) is 2. The molecule has 8 unspecified atom stereocenters. The number of benzene rings is 1. The number of amides is 3. The Bertz CT molecular complexity index is 1800. The lowest BCUT2D eigenvalue weighted by Gasteiger charge is -2.58. The number of allylic oxidation sites excluding steroid dienone is 1. The normalized spacial score (nSPS) is 25.7. The number of methoxy groups -OCH3 is 1. The van der Waals surface area contributed by atoms with Crippen molar-refractivity contribution < 1.29 is 33.3 Å². The van der Waals surface area contributed by atoms with Crippen LogP contribution < -0.4 is 15.4 Å². The van der Waals surface area contributed by atoms with Gasteiger partial charge in [0, 0.05) is 30.6 Å². The maximum absolute atomic E-state index is 14.2. The fourth-order valence-corrected chi connectivity index (χ4v) is 13.2. The Balaban J connectivity index is 0.00000526. The zero-order valence-electron chi connectivity index (χ0n) is 47.3. The molecule has 0 bridgehead atoms. The lowest BCUT2D eigenvalue weighted by atomic mass is 9.47. The molecule has 3 saturated carbocycles. The van der Waals surface area contributed by atoms with E-state index in [2.05, 4.69) is 51.3 Å². The van der Waals surface area contributed by atoms with E-state index < -0.39 is 28.9 Å². The number of unbranched alkanes of at least 4 members (excludes halogenated alkanes) is 4. The highest BCUT2D eigenvalue weighted by Crippen LogP contribution is 2.67. The van der Waals surface area contributed by atoms with Gasteiger partial charge in [-0.05, 0) is 183 Å². The Kier molecular flexibility index (Phi) is 22.4. The second-order valence-electron chi connectivity index (χ2n) is 24.9. The van der Waals surface area contributed by atoms with Crippen molar-refractivity contribution in [2.75, 3.05) is 20.2 Å². The van der Waals surface area contributed by atoms with Gasteiger partial charge in [-0.3, -0.25) is 0 Å². The van der Waals surface area contributed by atoms with Crippen LogP contribution in [-0.2, 0) is 20.8 Å². The van der Waals surface area contributed by atoms with E-state index in [1.54, 1.807) is 12.7 Å². The summed E-state index contributed by atoms with van der Waals surface area (Å²) >= 11 is 0. The molecular weight excluding hydrogens is 875 g/mol. The van der Waals surface area contributed by atoms with Crippen LogP contribution in [0, 0.1) is 46.3 Å². The van der Waals surface area contributed by atoms with Gasteiger partial charge in [-0.2, -0.15) is 0 Å². The van der Waals surface area contributed by atoms with Crippen LogP contribution in [0.25, 0.3) is 0 Å². The third-order valence-electron chi connectivity index (χ3n) is 17.4. The summed E-state index contributed by atoms with van der Waals surface area (Å²) in [6, 6.07) is 7.49. The lowest BCUT2D eigenvalue weighted by molar-refractivity contribution is -0.0535. The van der Waals surface area contributed by atoms with Gasteiger partial charge < -0.3 is 34.5 Å². The van der Waals surface area contributed by atoms with Gasteiger partial charge in [-0.15, -0.1) is 0 Å². The highest BCUT2D eigenvalue weighted by Gasteiger charge is 2.58. The van der Waals surface area contributed by atoms with Gasteiger partial charge in [0.25, 0.3) is 0 Å². The fraction of sp³-hybridized carbons (Fsp3) is 0.817. The van der Waals surface area contributed by atoms with Crippen molar-refractivity contribution in [3.05, 3.63) is 41.5 Å². The largest absolute Gasteiger partial charge is 0.497 e. The SMILES string of the molecule is CC.CCC(CCCC1CCC2C3CC=C4CC(OC(=O)N(CCCCCCCC(C)(C)NC(=O)OCc5ccc(OC)cc5)CCC(C)(C)NC(=O)OC(C)(C)C)CCC4(C)C3CCC12C)C(C)C. The number of ether oxygens (including phenoxy) is 4. The first kappa shape index (κ1) is 59.1. The molecule has 400 valence electrons. The number of fused-ring (bicyclic) bond motifs is 5. The Morgan fingerprint density at radius 2 is 1.44 bits per heavy atom. The monoisotopic (exact) mass is 978 g/mol. The molecule has 0 heterocycles. The molecule has 1 aromatic rings. The summed E-state index contributed by atoms with van der Waals surface area (Å²) in [7, 11) is 1.63. The Labute approximate surface area is 427 Å². The van der Waals surface area contributed by atoms with Crippen LogP contribution in [0.5, 0.6) is 5.75 Å². The molecule has 0 aliphatic heterocycles. The van der Waals surface area contributed by atoms with Crippen molar-refractivity contribution in [1.82, 2.24) is 15.5 Å². The Morgan fingerprint density at radius 1 is 0.786 bits per heavy atom. The average molecular weight is 978 g/mol. The number of nitrogens with zero attached hydrogens (tertiary/aromatic N) is 1. The molecule has 0 radical (unpaired) electrons. The van der Waals surface area contributed by atoms with Gasteiger partial charge in [0.05, 0.1) is 7.11 Å². The quantitative estimate of drug-likeness (QED) is 0.0637. The second kappa shape index (κ2) is 26.5. The first-order chi connectivity index (χ1) is 33.0. The molecule has 4 aliphatic rings. The van der Waals surface area contributed by atoms with Crippen LogP contribution in [0.15, 0.2) is 35.9 Å². The predicted octanol–water partition coefficient (Wildman–Crippen LogP) is 16.0. The van der Waals surface area contributed by atoms with Gasteiger partial charge in [0.15, 0.2) is 0 Å². The van der Waals surface area contributed by atoms with Gasteiger partial charge in [-0.25, -0.2) is 14.4 Å². The van der Waals surface area contributed by atoms with Crippen LogP contribution in [-0.4, -0.2) is 66.2 Å². The number of carbonyl (C=O) groups excluding carboxylic acids is 3. The van der Waals surface area contributed by atoms with Gasteiger partial charge in [0.1, 0.15) is 24.1 Å². The van der Waals surface area contributed by atoms with Crippen molar-refractivity contribution in [3.8, 4) is 5.75 Å². The van der Waals surface area contributed by atoms with Crippen molar-refractivity contribution in [1.29, 1.82) is 0 Å². The van der Waals surface area contributed by atoms with Crippen LogP contribution in [0.4, 0.5) is 14.4 Å². The smallest absolute Gasteiger partial charge is 0.410 e. The summed E-state index contributed by atoms with van der Waals surface area (Å²) in [5.41, 5.74) is 1.55. The standard InChI is InChI=1S/C58H97N3O7.C2H6/c1-14-43(41(2)3)21-20-22-44-26-30-49-48-29-25-45-39-47(31-34-58(45,12)50(48)32-35-57(44,49)11)67-53(64)61(38-36-56(9,10)60-52(63)68-54(4,5)6)37-19-17-15-16-18-33-55(7,8)59-51(62)66-40-42-23-27-46(65-13)28-24-42;1-2/h23-25,27-28,41,43-44,47-50H,14-22,26,29-40H2,1-13H3,(H,59,62)(H,60,63);1-2H3. The average Bonchev–Trinajstić information content (AvgIpc) is 3.63. The van der Waals surface area contributed by atoms with E-state index in [0.717, 1.165) is 105 Å². The minimum Gasteiger partial charge on any atom is -0.497 e.